The highest BCUT2D eigenvalue weighted by atomic mass is 19.3. The Morgan fingerprint density at radius 3 is 2.62 bits per heavy atom. The molecule has 9 heteroatoms. The van der Waals surface area contributed by atoms with E-state index in [0.717, 1.165) is 29.6 Å². The number of hydrogen-bond acceptors (Lipinski definition) is 5. The van der Waals surface area contributed by atoms with E-state index in [4.69, 9.17) is 0 Å². The summed E-state index contributed by atoms with van der Waals surface area (Å²) in [5.41, 5.74) is 1.39. The number of alkyl halides is 2. The van der Waals surface area contributed by atoms with Gasteiger partial charge >= 0.3 is 5.92 Å². The predicted octanol–water partition coefficient (Wildman–Crippen LogP) is 4.64. The first-order chi connectivity index (χ1) is 13.9. The van der Waals surface area contributed by atoms with Gasteiger partial charge in [0.2, 0.25) is 5.82 Å². The van der Waals surface area contributed by atoms with Gasteiger partial charge in [0.25, 0.3) is 0 Å². The lowest BCUT2D eigenvalue weighted by Crippen LogP contribution is -2.21. The van der Waals surface area contributed by atoms with Gasteiger partial charge in [0.05, 0.1) is 11.7 Å². The summed E-state index contributed by atoms with van der Waals surface area (Å²) >= 11 is 0. The van der Waals surface area contributed by atoms with Gasteiger partial charge in [-0.25, -0.2) is 14.4 Å². The number of anilines is 2. The molecule has 0 fully saturated rings. The van der Waals surface area contributed by atoms with Crippen molar-refractivity contribution in [1.29, 1.82) is 0 Å². The molecule has 0 saturated heterocycles. The normalized spacial score (nSPS) is 11.8. The maximum Gasteiger partial charge on any atom is 0.348 e. The van der Waals surface area contributed by atoms with Crippen LogP contribution in [0.5, 0.6) is 0 Å². The zero-order chi connectivity index (χ0) is 20.6. The van der Waals surface area contributed by atoms with E-state index in [9.17, 15) is 4.39 Å². The molecule has 0 bridgehead atoms. The third-order valence-electron chi connectivity index (χ3n) is 4.47. The quantitative estimate of drug-likeness (QED) is 0.512. The second-order valence-corrected chi connectivity index (χ2v) is 6.56. The molecule has 3 heterocycles. The Labute approximate surface area is 164 Å². The van der Waals surface area contributed by atoms with E-state index in [1.165, 1.54) is 0 Å². The highest BCUT2D eigenvalue weighted by molar-refractivity contribution is 5.92. The lowest BCUT2D eigenvalue weighted by molar-refractivity contribution is 0.0285. The summed E-state index contributed by atoms with van der Waals surface area (Å²) in [6.07, 6.45) is 1.35. The second kappa shape index (κ2) is 7.16. The molecule has 148 valence electrons. The molecule has 0 unspecified atom stereocenters. The Morgan fingerprint density at radius 1 is 1.14 bits per heavy atom. The van der Waals surface area contributed by atoms with E-state index in [1.54, 1.807) is 12.1 Å². The molecule has 0 atom stereocenters. The van der Waals surface area contributed by atoms with E-state index in [-0.39, 0.29) is 5.82 Å². The smallest absolute Gasteiger partial charge is 0.323 e. The van der Waals surface area contributed by atoms with Crippen molar-refractivity contribution in [3.05, 3.63) is 71.2 Å². The summed E-state index contributed by atoms with van der Waals surface area (Å²) < 4.78 is 43.4. The molecule has 0 aliphatic carbocycles. The third-order valence-corrected chi connectivity index (χ3v) is 4.47. The monoisotopic (exact) mass is 398 g/mol. The minimum atomic E-state index is -3.61. The van der Waals surface area contributed by atoms with Gasteiger partial charge in [-0.1, -0.05) is 19.1 Å². The van der Waals surface area contributed by atoms with Crippen LogP contribution in [0.4, 0.5) is 24.8 Å². The van der Waals surface area contributed by atoms with E-state index in [2.05, 4.69) is 30.5 Å². The number of benzene rings is 1. The second-order valence-electron chi connectivity index (χ2n) is 6.56. The summed E-state index contributed by atoms with van der Waals surface area (Å²) in [7, 11) is 0. The Balaban J connectivity index is 1.91. The van der Waals surface area contributed by atoms with Crippen molar-refractivity contribution in [2.75, 3.05) is 5.32 Å². The van der Waals surface area contributed by atoms with Crippen molar-refractivity contribution in [3.8, 4) is 0 Å². The van der Waals surface area contributed by atoms with Gasteiger partial charge in [-0.3, -0.25) is 10.1 Å². The summed E-state index contributed by atoms with van der Waals surface area (Å²) in [6.45, 7) is 3.74. The van der Waals surface area contributed by atoms with Gasteiger partial charge in [0.1, 0.15) is 17.3 Å². The SMILES string of the molecule is CCc1cccc2c(Nc3cc(C)[nH]n3)nc(C(F)(F)c3ccc(F)cn3)nc12. The van der Waals surface area contributed by atoms with Crippen LogP contribution in [0.25, 0.3) is 10.9 Å². The van der Waals surface area contributed by atoms with E-state index >= 15 is 8.78 Å². The van der Waals surface area contributed by atoms with Crippen molar-refractivity contribution in [2.45, 2.75) is 26.2 Å². The minimum Gasteiger partial charge on any atom is -0.323 e. The first-order valence-corrected chi connectivity index (χ1v) is 8.97. The van der Waals surface area contributed by atoms with Crippen molar-refractivity contribution in [3.63, 3.8) is 0 Å². The van der Waals surface area contributed by atoms with Crippen molar-refractivity contribution < 1.29 is 13.2 Å². The number of aromatic nitrogens is 5. The molecule has 29 heavy (non-hydrogen) atoms. The summed E-state index contributed by atoms with van der Waals surface area (Å²) in [6, 6.07) is 9.01. The molecule has 2 N–H and O–H groups in total. The fraction of sp³-hybridized carbons (Fsp3) is 0.200. The Bertz CT molecular complexity index is 1170. The number of aryl methyl sites for hydroxylation is 2. The van der Waals surface area contributed by atoms with Crippen LogP contribution in [-0.4, -0.2) is 25.1 Å². The number of pyridine rings is 1. The lowest BCUT2D eigenvalue weighted by Gasteiger charge is -2.17. The van der Waals surface area contributed by atoms with Gasteiger partial charge in [0.15, 0.2) is 5.82 Å². The van der Waals surface area contributed by atoms with Gasteiger partial charge in [-0.05, 0) is 37.1 Å². The number of hydrogen-bond donors (Lipinski definition) is 2. The number of halogens is 3. The zero-order valence-corrected chi connectivity index (χ0v) is 15.7. The molecule has 0 amide bonds. The average Bonchev–Trinajstić information content (AvgIpc) is 3.12. The fourth-order valence-corrected chi connectivity index (χ4v) is 3.01. The zero-order valence-electron chi connectivity index (χ0n) is 15.7. The average molecular weight is 398 g/mol. The van der Waals surface area contributed by atoms with Crippen LogP contribution in [0.1, 0.15) is 29.7 Å². The van der Waals surface area contributed by atoms with Crippen LogP contribution in [-0.2, 0) is 12.3 Å². The van der Waals surface area contributed by atoms with Gasteiger partial charge in [0, 0.05) is 17.1 Å². The Kier molecular flexibility index (Phi) is 4.65. The first-order valence-electron chi connectivity index (χ1n) is 8.97. The Morgan fingerprint density at radius 2 is 1.97 bits per heavy atom. The van der Waals surface area contributed by atoms with E-state index in [0.29, 0.717) is 23.1 Å². The number of nitrogens with one attached hydrogen (secondary N) is 2. The molecule has 3 aromatic heterocycles. The maximum absolute atomic E-state index is 15.1. The third kappa shape index (κ3) is 3.51. The minimum absolute atomic E-state index is 0.202. The summed E-state index contributed by atoms with van der Waals surface area (Å²) in [5, 5.41) is 10.4. The van der Waals surface area contributed by atoms with Crippen LogP contribution in [0.3, 0.4) is 0 Å². The molecule has 1 aromatic carbocycles. The van der Waals surface area contributed by atoms with Crippen molar-refractivity contribution in [1.82, 2.24) is 25.1 Å². The molecule has 0 spiro atoms. The van der Waals surface area contributed by atoms with Crippen LogP contribution in [0.15, 0.2) is 42.6 Å². The summed E-state index contributed by atoms with van der Waals surface area (Å²) in [5.74, 6) is -4.39. The van der Waals surface area contributed by atoms with E-state index < -0.39 is 23.3 Å². The largest absolute Gasteiger partial charge is 0.348 e. The number of aromatic amines is 1. The molecule has 0 radical (unpaired) electrons. The predicted molar refractivity (Wildman–Crippen MR) is 103 cm³/mol. The van der Waals surface area contributed by atoms with Crippen LogP contribution in [0.2, 0.25) is 0 Å². The summed E-state index contributed by atoms with van der Waals surface area (Å²) in [4.78, 5) is 11.8. The number of para-hydroxylation sites is 1. The number of rotatable bonds is 5. The van der Waals surface area contributed by atoms with Gasteiger partial charge in [-0.2, -0.15) is 13.9 Å². The van der Waals surface area contributed by atoms with Crippen molar-refractivity contribution >= 4 is 22.5 Å². The molecular formula is C20H17F3N6. The van der Waals surface area contributed by atoms with Gasteiger partial charge < -0.3 is 5.32 Å². The maximum atomic E-state index is 15.1. The highest BCUT2D eigenvalue weighted by Gasteiger charge is 2.40. The molecular weight excluding hydrogens is 381 g/mol. The molecule has 6 nitrogen and oxygen atoms in total. The number of H-pyrrole nitrogens is 1. The highest BCUT2D eigenvalue weighted by Crippen LogP contribution is 2.35. The topological polar surface area (TPSA) is 79.4 Å². The van der Waals surface area contributed by atoms with E-state index in [1.807, 2.05) is 26.0 Å². The lowest BCUT2D eigenvalue weighted by atomic mass is 10.1. The van der Waals surface area contributed by atoms with Crippen LogP contribution >= 0.6 is 0 Å². The number of nitrogens with zero attached hydrogens (tertiary/aromatic N) is 4. The fourth-order valence-electron chi connectivity index (χ4n) is 3.01. The van der Waals surface area contributed by atoms with Crippen LogP contribution < -0.4 is 5.32 Å². The molecule has 0 aliphatic rings. The molecule has 0 aliphatic heterocycles. The first kappa shape index (κ1) is 18.9. The molecule has 4 aromatic rings. The van der Waals surface area contributed by atoms with Gasteiger partial charge in [-0.15, -0.1) is 0 Å². The Hall–Kier alpha value is -3.49. The van der Waals surface area contributed by atoms with Crippen LogP contribution in [0, 0.1) is 12.7 Å². The number of fused-ring (bicyclic) bond motifs is 1. The van der Waals surface area contributed by atoms with Crippen molar-refractivity contribution in [2.24, 2.45) is 0 Å². The standard InChI is InChI=1S/C20H17F3N6/c1-3-12-5-4-6-14-17(12)26-19(20(22,23)15-8-7-13(21)10-24-15)27-18(14)25-16-9-11(2)28-29-16/h4-10H,3H2,1-2H3,(H2,25,26,27,28,29). The molecule has 4 rings (SSSR count). The molecule has 0 saturated carbocycles.